The zero-order valence-electron chi connectivity index (χ0n) is 16.2. The van der Waals surface area contributed by atoms with Gasteiger partial charge in [0.15, 0.2) is 0 Å². The fraction of sp³-hybridized carbons (Fsp3) is 0.250. The normalized spacial score (nSPS) is 18.8. The second-order valence-electron chi connectivity index (χ2n) is 7.47. The molecular formula is C24H23NO2S2. The van der Waals surface area contributed by atoms with Crippen molar-refractivity contribution in [3.8, 4) is 0 Å². The number of thioether (sulfide) groups is 1. The molecule has 1 aliphatic heterocycles. The van der Waals surface area contributed by atoms with Gasteiger partial charge in [-0.25, -0.2) is 0 Å². The predicted octanol–water partition coefficient (Wildman–Crippen LogP) is 4.98. The average molecular weight is 422 g/mol. The van der Waals surface area contributed by atoms with Gasteiger partial charge < -0.3 is 5.11 Å². The Balaban J connectivity index is 1.53. The fourth-order valence-electron chi connectivity index (χ4n) is 3.80. The van der Waals surface area contributed by atoms with Gasteiger partial charge in [-0.15, -0.1) is 0 Å². The van der Waals surface area contributed by atoms with E-state index < -0.39 is 12.0 Å². The second-order valence-corrected chi connectivity index (χ2v) is 9.12. The van der Waals surface area contributed by atoms with Crippen molar-refractivity contribution >= 4 is 45.0 Å². The standard InChI is InChI=1S/C24H23NO2S2/c1-16(22(26)20-12-11-18-9-5-6-10-19(18)14-20)23(27)25-21(15-29-24(25)28)13-17-7-3-2-4-8-17/h2-12,14,16,21-22,26H,13,15H2,1H3/t16-,21-,22+/m0/s1. The molecule has 1 fully saturated rings. The maximum atomic E-state index is 13.3. The third-order valence-electron chi connectivity index (χ3n) is 5.49. The van der Waals surface area contributed by atoms with Gasteiger partial charge >= 0.3 is 0 Å². The van der Waals surface area contributed by atoms with Crippen LogP contribution in [0.3, 0.4) is 0 Å². The molecule has 0 spiro atoms. The molecule has 3 aromatic rings. The van der Waals surface area contributed by atoms with Gasteiger partial charge in [-0.3, -0.25) is 9.69 Å². The summed E-state index contributed by atoms with van der Waals surface area (Å²) in [6.45, 7) is 1.79. The summed E-state index contributed by atoms with van der Waals surface area (Å²) in [5.74, 6) is 0.103. The summed E-state index contributed by atoms with van der Waals surface area (Å²) >= 11 is 7.02. The van der Waals surface area contributed by atoms with Crippen LogP contribution in [0, 0.1) is 5.92 Å². The molecule has 4 rings (SSSR count). The summed E-state index contributed by atoms with van der Waals surface area (Å²) in [6, 6.07) is 24.0. The quantitative estimate of drug-likeness (QED) is 0.590. The molecular weight excluding hydrogens is 398 g/mol. The lowest BCUT2D eigenvalue weighted by Crippen LogP contribution is -2.44. The molecule has 1 N–H and O–H groups in total. The largest absolute Gasteiger partial charge is 0.388 e. The molecule has 29 heavy (non-hydrogen) atoms. The van der Waals surface area contributed by atoms with Crippen molar-refractivity contribution in [1.82, 2.24) is 4.90 Å². The van der Waals surface area contributed by atoms with E-state index in [0.717, 1.165) is 28.5 Å². The molecule has 0 aliphatic carbocycles. The van der Waals surface area contributed by atoms with Crippen molar-refractivity contribution in [2.75, 3.05) is 5.75 Å². The maximum absolute atomic E-state index is 13.3. The van der Waals surface area contributed by atoms with Crippen LogP contribution in [0.2, 0.25) is 0 Å². The topological polar surface area (TPSA) is 40.5 Å². The van der Waals surface area contributed by atoms with Gasteiger partial charge in [0, 0.05) is 5.75 Å². The van der Waals surface area contributed by atoms with Crippen molar-refractivity contribution < 1.29 is 9.90 Å². The predicted molar refractivity (Wildman–Crippen MR) is 124 cm³/mol. The summed E-state index contributed by atoms with van der Waals surface area (Å²) in [5.41, 5.74) is 1.94. The van der Waals surface area contributed by atoms with E-state index in [-0.39, 0.29) is 11.9 Å². The SMILES string of the molecule is C[C@H](C(=O)N1C(=S)SC[C@@H]1Cc1ccccc1)[C@@H](O)c1ccc2ccccc2c1. The third-order valence-corrected chi connectivity index (χ3v) is 7.04. The van der Waals surface area contributed by atoms with Crippen molar-refractivity contribution in [3.05, 3.63) is 83.9 Å². The summed E-state index contributed by atoms with van der Waals surface area (Å²) in [5, 5.41) is 13.1. The van der Waals surface area contributed by atoms with Gasteiger partial charge in [-0.1, -0.05) is 97.6 Å². The Morgan fingerprint density at radius 3 is 2.55 bits per heavy atom. The maximum Gasteiger partial charge on any atom is 0.234 e. The van der Waals surface area contributed by atoms with Crippen molar-refractivity contribution in [2.24, 2.45) is 5.92 Å². The highest BCUT2D eigenvalue weighted by atomic mass is 32.2. The number of carbonyl (C=O) groups excluding carboxylic acids is 1. The van der Waals surface area contributed by atoms with Crippen LogP contribution >= 0.6 is 24.0 Å². The number of thiocarbonyl (C=S) groups is 1. The fourth-order valence-corrected chi connectivity index (χ4v) is 5.22. The number of hydrogen-bond acceptors (Lipinski definition) is 4. The molecule has 5 heteroatoms. The number of carbonyl (C=O) groups is 1. The number of nitrogens with zero attached hydrogens (tertiary/aromatic N) is 1. The second kappa shape index (κ2) is 8.66. The van der Waals surface area contributed by atoms with Crippen LogP contribution in [0.5, 0.6) is 0 Å². The lowest BCUT2D eigenvalue weighted by molar-refractivity contribution is -0.135. The van der Waals surface area contributed by atoms with Crippen LogP contribution in [0.25, 0.3) is 10.8 Å². The van der Waals surface area contributed by atoms with Crippen LogP contribution in [0.15, 0.2) is 72.8 Å². The molecule has 0 aromatic heterocycles. The zero-order valence-corrected chi connectivity index (χ0v) is 17.8. The third kappa shape index (κ3) is 4.22. The highest BCUT2D eigenvalue weighted by molar-refractivity contribution is 8.23. The van der Waals surface area contributed by atoms with E-state index in [0.29, 0.717) is 4.32 Å². The van der Waals surface area contributed by atoms with Gasteiger partial charge in [0.2, 0.25) is 5.91 Å². The number of amides is 1. The van der Waals surface area contributed by atoms with E-state index in [4.69, 9.17) is 12.2 Å². The molecule has 3 aromatic carbocycles. The molecule has 3 nitrogen and oxygen atoms in total. The highest BCUT2D eigenvalue weighted by Gasteiger charge is 2.38. The molecule has 0 unspecified atom stereocenters. The lowest BCUT2D eigenvalue weighted by atomic mass is 9.93. The Morgan fingerprint density at radius 1 is 1.10 bits per heavy atom. The molecule has 148 valence electrons. The molecule has 1 aliphatic rings. The minimum atomic E-state index is -0.877. The number of aliphatic hydroxyl groups excluding tert-OH is 1. The molecule has 1 saturated heterocycles. The van der Waals surface area contributed by atoms with Gasteiger partial charge in [-0.05, 0) is 34.4 Å². The number of aliphatic hydroxyl groups is 1. The van der Waals surface area contributed by atoms with Gasteiger partial charge in [0.05, 0.1) is 18.1 Å². The van der Waals surface area contributed by atoms with Crippen LogP contribution < -0.4 is 0 Å². The molecule has 1 amide bonds. The number of benzene rings is 3. The summed E-state index contributed by atoms with van der Waals surface area (Å²) in [7, 11) is 0. The number of hydrogen-bond donors (Lipinski definition) is 1. The van der Waals surface area contributed by atoms with Crippen LogP contribution in [-0.2, 0) is 11.2 Å². The summed E-state index contributed by atoms with van der Waals surface area (Å²) in [4.78, 5) is 15.0. The summed E-state index contributed by atoms with van der Waals surface area (Å²) in [6.07, 6.45) is -0.115. The number of fused-ring (bicyclic) bond motifs is 1. The Labute approximate surface area is 180 Å². The smallest absolute Gasteiger partial charge is 0.234 e. The van der Waals surface area contributed by atoms with Crippen LogP contribution in [-0.4, -0.2) is 32.0 Å². The van der Waals surface area contributed by atoms with E-state index in [1.165, 1.54) is 5.56 Å². The first-order chi connectivity index (χ1) is 14.0. The van der Waals surface area contributed by atoms with Crippen molar-refractivity contribution in [2.45, 2.75) is 25.5 Å². The zero-order chi connectivity index (χ0) is 20.4. The monoisotopic (exact) mass is 421 g/mol. The van der Waals surface area contributed by atoms with Gasteiger partial charge in [0.25, 0.3) is 0 Å². The minimum Gasteiger partial charge on any atom is -0.388 e. The Kier molecular flexibility index (Phi) is 5.99. The van der Waals surface area contributed by atoms with E-state index in [2.05, 4.69) is 12.1 Å². The van der Waals surface area contributed by atoms with Crippen molar-refractivity contribution in [1.29, 1.82) is 0 Å². The molecule has 3 atom stereocenters. The van der Waals surface area contributed by atoms with E-state index in [1.807, 2.05) is 60.7 Å². The first-order valence-corrected chi connectivity index (χ1v) is 11.1. The Bertz CT molecular complexity index is 1040. The van der Waals surface area contributed by atoms with Crippen molar-refractivity contribution in [3.63, 3.8) is 0 Å². The minimum absolute atomic E-state index is 0.0219. The van der Waals surface area contributed by atoms with Gasteiger partial charge in [0.1, 0.15) is 4.32 Å². The molecule has 1 heterocycles. The Hall–Kier alpha value is -2.21. The molecule has 0 radical (unpaired) electrons. The first-order valence-electron chi connectivity index (χ1n) is 9.75. The highest BCUT2D eigenvalue weighted by Crippen LogP contribution is 2.32. The number of rotatable bonds is 5. The first kappa shape index (κ1) is 20.1. The van der Waals surface area contributed by atoms with E-state index >= 15 is 0 Å². The molecule has 0 saturated carbocycles. The van der Waals surface area contributed by atoms with Gasteiger partial charge in [-0.2, -0.15) is 0 Å². The van der Waals surface area contributed by atoms with E-state index in [9.17, 15) is 9.90 Å². The molecule has 0 bridgehead atoms. The average Bonchev–Trinajstić information content (AvgIpc) is 3.12. The van der Waals surface area contributed by atoms with Crippen LogP contribution in [0.4, 0.5) is 0 Å². The Morgan fingerprint density at radius 2 is 1.79 bits per heavy atom. The summed E-state index contributed by atoms with van der Waals surface area (Å²) < 4.78 is 0.605. The van der Waals surface area contributed by atoms with E-state index in [1.54, 1.807) is 23.6 Å². The van der Waals surface area contributed by atoms with Crippen LogP contribution in [0.1, 0.15) is 24.2 Å². The lowest BCUT2D eigenvalue weighted by Gasteiger charge is -2.29.